The number of anilines is 1. The lowest BCUT2D eigenvalue weighted by molar-refractivity contribution is 0.187. The van der Waals surface area contributed by atoms with Crippen LogP contribution in [0.25, 0.3) is 11.0 Å². The van der Waals surface area contributed by atoms with Crippen molar-refractivity contribution in [1.82, 2.24) is 0 Å². The molecule has 1 heterocycles. The van der Waals surface area contributed by atoms with Crippen molar-refractivity contribution in [3.8, 4) is 5.75 Å². The standard InChI is InChI=1S/C18H17NO4/c1-12-3-4-13-10-16(23-17(13)9-12)11-22-15-7-5-14(6-8-15)19-18(20)21-2/h3-10H,11H2,1-2H3,(H,19,20). The Morgan fingerprint density at radius 1 is 1.13 bits per heavy atom. The minimum atomic E-state index is -0.503. The predicted octanol–water partition coefficient (Wildman–Crippen LogP) is 4.50. The zero-order valence-corrected chi connectivity index (χ0v) is 13.0. The van der Waals surface area contributed by atoms with Gasteiger partial charge in [-0.3, -0.25) is 5.32 Å². The predicted molar refractivity (Wildman–Crippen MR) is 87.8 cm³/mol. The summed E-state index contributed by atoms with van der Waals surface area (Å²) in [7, 11) is 1.32. The molecular formula is C18H17NO4. The van der Waals surface area contributed by atoms with E-state index in [1.54, 1.807) is 24.3 Å². The Labute approximate surface area is 133 Å². The highest BCUT2D eigenvalue weighted by Crippen LogP contribution is 2.22. The lowest BCUT2D eigenvalue weighted by atomic mass is 10.2. The van der Waals surface area contributed by atoms with Crippen LogP contribution in [0, 0.1) is 6.92 Å². The molecule has 118 valence electrons. The van der Waals surface area contributed by atoms with Gasteiger partial charge in [0, 0.05) is 11.1 Å². The summed E-state index contributed by atoms with van der Waals surface area (Å²) in [5.41, 5.74) is 2.66. The number of carbonyl (C=O) groups excluding carboxylic acids is 1. The monoisotopic (exact) mass is 311 g/mol. The molecule has 0 saturated carbocycles. The number of hydrogen-bond donors (Lipinski definition) is 1. The van der Waals surface area contributed by atoms with Gasteiger partial charge in [0.05, 0.1) is 7.11 Å². The highest BCUT2D eigenvalue weighted by molar-refractivity contribution is 5.84. The average molecular weight is 311 g/mol. The van der Waals surface area contributed by atoms with Crippen molar-refractivity contribution in [3.63, 3.8) is 0 Å². The van der Waals surface area contributed by atoms with E-state index in [0.29, 0.717) is 18.0 Å². The second-order valence-corrected chi connectivity index (χ2v) is 5.18. The van der Waals surface area contributed by atoms with E-state index >= 15 is 0 Å². The van der Waals surface area contributed by atoms with Crippen LogP contribution in [0.2, 0.25) is 0 Å². The van der Waals surface area contributed by atoms with Crippen LogP contribution < -0.4 is 10.1 Å². The number of carbonyl (C=O) groups is 1. The summed E-state index contributed by atoms with van der Waals surface area (Å²) in [5.74, 6) is 1.46. The van der Waals surface area contributed by atoms with Gasteiger partial charge in [0.25, 0.3) is 0 Å². The number of hydrogen-bond acceptors (Lipinski definition) is 4. The van der Waals surface area contributed by atoms with Crippen LogP contribution in [0.3, 0.4) is 0 Å². The SMILES string of the molecule is COC(=O)Nc1ccc(OCc2cc3ccc(C)cc3o2)cc1. The minimum absolute atomic E-state index is 0.345. The third-order valence-corrected chi connectivity index (χ3v) is 3.39. The van der Waals surface area contributed by atoms with Gasteiger partial charge >= 0.3 is 6.09 Å². The first-order chi connectivity index (χ1) is 11.1. The molecule has 5 nitrogen and oxygen atoms in total. The molecule has 0 saturated heterocycles. The fraction of sp³-hybridized carbons (Fsp3) is 0.167. The van der Waals surface area contributed by atoms with Crippen molar-refractivity contribution in [3.05, 3.63) is 59.9 Å². The first-order valence-electron chi connectivity index (χ1n) is 7.21. The summed E-state index contributed by atoms with van der Waals surface area (Å²) in [6, 6.07) is 15.1. The largest absolute Gasteiger partial charge is 0.486 e. The van der Waals surface area contributed by atoms with Gasteiger partial charge in [-0.25, -0.2) is 4.79 Å². The first-order valence-corrected chi connectivity index (χ1v) is 7.21. The third kappa shape index (κ3) is 3.63. The number of amides is 1. The van der Waals surface area contributed by atoms with Gasteiger partial charge in [0.15, 0.2) is 0 Å². The molecule has 1 aromatic heterocycles. The molecule has 0 aliphatic heterocycles. The fourth-order valence-electron chi connectivity index (χ4n) is 2.22. The highest BCUT2D eigenvalue weighted by atomic mass is 16.5. The van der Waals surface area contributed by atoms with Gasteiger partial charge in [0.1, 0.15) is 23.7 Å². The number of rotatable bonds is 4. The van der Waals surface area contributed by atoms with Gasteiger partial charge in [-0.15, -0.1) is 0 Å². The summed E-state index contributed by atoms with van der Waals surface area (Å²) >= 11 is 0. The normalized spacial score (nSPS) is 10.5. The van der Waals surface area contributed by atoms with E-state index < -0.39 is 6.09 Å². The molecule has 0 fully saturated rings. The minimum Gasteiger partial charge on any atom is -0.486 e. The fourth-order valence-corrected chi connectivity index (χ4v) is 2.22. The second-order valence-electron chi connectivity index (χ2n) is 5.18. The molecule has 0 unspecified atom stereocenters. The van der Waals surface area contributed by atoms with Crippen molar-refractivity contribution in [2.24, 2.45) is 0 Å². The number of benzene rings is 2. The molecule has 0 spiro atoms. The average Bonchev–Trinajstić information content (AvgIpc) is 2.96. The zero-order valence-electron chi connectivity index (χ0n) is 13.0. The molecule has 0 aliphatic rings. The lowest BCUT2D eigenvalue weighted by Crippen LogP contribution is -2.10. The molecule has 23 heavy (non-hydrogen) atoms. The van der Waals surface area contributed by atoms with Crippen molar-refractivity contribution in [2.45, 2.75) is 13.5 Å². The molecule has 0 bridgehead atoms. The molecule has 0 radical (unpaired) electrons. The zero-order chi connectivity index (χ0) is 16.2. The second kappa shape index (κ2) is 6.44. The Morgan fingerprint density at radius 2 is 1.91 bits per heavy atom. The van der Waals surface area contributed by atoms with Crippen LogP contribution in [-0.2, 0) is 11.3 Å². The summed E-state index contributed by atoms with van der Waals surface area (Å²) < 4.78 is 16.0. The number of methoxy groups -OCH3 is 1. The first kappa shape index (κ1) is 15.0. The van der Waals surface area contributed by atoms with Crippen molar-refractivity contribution < 1.29 is 18.7 Å². The van der Waals surface area contributed by atoms with E-state index in [1.165, 1.54) is 7.11 Å². The third-order valence-electron chi connectivity index (χ3n) is 3.39. The van der Waals surface area contributed by atoms with Gasteiger partial charge in [-0.2, -0.15) is 0 Å². The molecule has 3 rings (SSSR count). The molecule has 1 N–H and O–H groups in total. The van der Waals surface area contributed by atoms with E-state index in [4.69, 9.17) is 9.15 Å². The van der Waals surface area contributed by atoms with Crippen molar-refractivity contribution in [2.75, 3.05) is 12.4 Å². The Kier molecular flexibility index (Phi) is 4.19. The summed E-state index contributed by atoms with van der Waals surface area (Å²) in [6.07, 6.45) is -0.503. The maximum Gasteiger partial charge on any atom is 0.411 e. The van der Waals surface area contributed by atoms with Crippen molar-refractivity contribution in [1.29, 1.82) is 0 Å². The van der Waals surface area contributed by atoms with E-state index in [9.17, 15) is 4.79 Å². The smallest absolute Gasteiger partial charge is 0.411 e. The quantitative estimate of drug-likeness (QED) is 0.770. The summed E-state index contributed by atoms with van der Waals surface area (Å²) in [6.45, 7) is 2.37. The van der Waals surface area contributed by atoms with E-state index in [2.05, 4.69) is 16.1 Å². The number of furan rings is 1. The van der Waals surface area contributed by atoms with Gasteiger partial charge in [-0.1, -0.05) is 12.1 Å². The molecule has 2 aromatic carbocycles. The maximum atomic E-state index is 11.1. The Bertz CT molecular complexity index is 821. The van der Waals surface area contributed by atoms with Gasteiger partial charge in [-0.05, 0) is 48.9 Å². The molecular weight excluding hydrogens is 294 g/mol. The number of ether oxygens (including phenoxy) is 2. The summed E-state index contributed by atoms with van der Waals surface area (Å²) in [5, 5.41) is 3.64. The van der Waals surface area contributed by atoms with Gasteiger partial charge < -0.3 is 13.9 Å². The lowest BCUT2D eigenvalue weighted by Gasteiger charge is -2.06. The van der Waals surface area contributed by atoms with E-state index in [-0.39, 0.29) is 0 Å². The molecule has 0 aliphatic carbocycles. The highest BCUT2D eigenvalue weighted by Gasteiger charge is 2.05. The van der Waals surface area contributed by atoms with Gasteiger partial charge in [0.2, 0.25) is 0 Å². The van der Waals surface area contributed by atoms with Crippen molar-refractivity contribution >= 4 is 22.7 Å². The van der Waals surface area contributed by atoms with Crippen LogP contribution in [0.15, 0.2) is 52.9 Å². The van der Waals surface area contributed by atoms with Crippen LogP contribution in [0.5, 0.6) is 5.75 Å². The van der Waals surface area contributed by atoms with Crippen LogP contribution in [-0.4, -0.2) is 13.2 Å². The Hall–Kier alpha value is -2.95. The van der Waals surface area contributed by atoms with Crippen LogP contribution >= 0.6 is 0 Å². The van der Waals surface area contributed by atoms with E-state index in [1.807, 2.05) is 25.1 Å². The number of nitrogens with one attached hydrogen (secondary N) is 1. The molecule has 3 aromatic rings. The Morgan fingerprint density at radius 3 is 2.65 bits per heavy atom. The maximum absolute atomic E-state index is 11.1. The molecule has 0 atom stereocenters. The Balaban J connectivity index is 1.63. The number of fused-ring (bicyclic) bond motifs is 1. The molecule has 5 heteroatoms. The summed E-state index contributed by atoms with van der Waals surface area (Å²) in [4.78, 5) is 11.1. The van der Waals surface area contributed by atoms with E-state index in [0.717, 1.165) is 22.3 Å². The van der Waals surface area contributed by atoms with Crippen LogP contribution in [0.4, 0.5) is 10.5 Å². The van der Waals surface area contributed by atoms with Crippen LogP contribution in [0.1, 0.15) is 11.3 Å². The number of aryl methyl sites for hydroxylation is 1. The molecule has 1 amide bonds. The topological polar surface area (TPSA) is 60.7 Å².